The van der Waals surface area contributed by atoms with Gasteiger partial charge in [-0.3, -0.25) is 0 Å². The van der Waals surface area contributed by atoms with Gasteiger partial charge >= 0.3 is 0 Å². The molecule has 0 bridgehead atoms. The highest BCUT2D eigenvalue weighted by Crippen LogP contribution is 2.27. The van der Waals surface area contributed by atoms with Crippen LogP contribution in [0.1, 0.15) is 24.2 Å². The minimum Gasteiger partial charge on any atom is -0.365 e. The fourth-order valence-corrected chi connectivity index (χ4v) is 2.58. The number of halogens is 1. The molecular formula is C15H15ClN6. The smallest absolute Gasteiger partial charge is 0.184 e. The molecule has 1 aliphatic rings. The molecule has 0 atom stereocenters. The molecule has 0 unspecified atom stereocenters. The van der Waals surface area contributed by atoms with Crippen molar-refractivity contribution in [1.29, 1.82) is 0 Å². The first-order chi connectivity index (χ1) is 10.7. The summed E-state index contributed by atoms with van der Waals surface area (Å²) in [5.41, 5.74) is 2.43. The summed E-state index contributed by atoms with van der Waals surface area (Å²) in [5, 5.41) is 12.6. The minimum absolute atomic E-state index is 0.506. The van der Waals surface area contributed by atoms with Gasteiger partial charge in [-0.2, -0.15) is 0 Å². The normalized spacial score (nSPS) is 14.5. The first-order valence-electron chi connectivity index (χ1n) is 7.28. The van der Waals surface area contributed by atoms with E-state index in [0.717, 1.165) is 17.0 Å². The van der Waals surface area contributed by atoms with Gasteiger partial charge in [-0.25, -0.2) is 14.6 Å². The van der Waals surface area contributed by atoms with Crippen LogP contribution in [0.3, 0.4) is 0 Å². The Bertz CT molecular complexity index is 839. The molecule has 112 valence electrons. The van der Waals surface area contributed by atoms with E-state index in [-0.39, 0.29) is 0 Å². The first-order valence-corrected chi connectivity index (χ1v) is 7.66. The number of aryl methyl sites for hydroxylation is 1. The highest BCUT2D eigenvalue weighted by Gasteiger charge is 2.24. The number of nitrogens with zero attached hydrogens (tertiary/aromatic N) is 5. The lowest BCUT2D eigenvalue weighted by Crippen LogP contribution is -2.07. The molecule has 7 heteroatoms. The SMILES string of the molecule is Cc1nc(NC2CC2)c2nnn(Cc3ccccc3Cl)c2n1. The third kappa shape index (κ3) is 2.50. The zero-order valence-electron chi connectivity index (χ0n) is 12.1. The Morgan fingerprint density at radius 1 is 1.27 bits per heavy atom. The van der Waals surface area contributed by atoms with Crippen LogP contribution >= 0.6 is 11.6 Å². The van der Waals surface area contributed by atoms with Crippen LogP contribution < -0.4 is 5.32 Å². The van der Waals surface area contributed by atoms with Crippen LogP contribution in [0.25, 0.3) is 11.2 Å². The average molecular weight is 315 g/mol. The molecule has 3 aromatic rings. The molecule has 2 heterocycles. The number of hydrogen-bond acceptors (Lipinski definition) is 5. The van der Waals surface area contributed by atoms with E-state index in [1.54, 1.807) is 4.68 Å². The molecule has 1 fully saturated rings. The molecular weight excluding hydrogens is 300 g/mol. The van der Waals surface area contributed by atoms with Crippen LogP contribution in [0, 0.1) is 6.92 Å². The van der Waals surface area contributed by atoms with Gasteiger partial charge in [-0.15, -0.1) is 5.10 Å². The Morgan fingerprint density at radius 3 is 2.86 bits per heavy atom. The van der Waals surface area contributed by atoms with Crippen molar-refractivity contribution < 1.29 is 0 Å². The van der Waals surface area contributed by atoms with E-state index < -0.39 is 0 Å². The molecule has 0 radical (unpaired) electrons. The van der Waals surface area contributed by atoms with Crippen LogP contribution in [0.15, 0.2) is 24.3 Å². The number of hydrogen-bond donors (Lipinski definition) is 1. The summed E-state index contributed by atoms with van der Waals surface area (Å²) in [4.78, 5) is 8.95. The van der Waals surface area contributed by atoms with E-state index in [2.05, 4.69) is 25.6 Å². The zero-order chi connectivity index (χ0) is 15.1. The van der Waals surface area contributed by atoms with Gasteiger partial charge in [0.25, 0.3) is 0 Å². The summed E-state index contributed by atoms with van der Waals surface area (Å²) in [7, 11) is 0. The van der Waals surface area contributed by atoms with Crippen molar-refractivity contribution in [2.45, 2.75) is 32.4 Å². The third-order valence-corrected chi connectivity index (χ3v) is 4.04. The van der Waals surface area contributed by atoms with Crippen molar-refractivity contribution in [3.05, 3.63) is 40.7 Å². The molecule has 0 aliphatic heterocycles. The first kappa shape index (κ1) is 13.5. The second kappa shape index (κ2) is 5.21. The molecule has 0 amide bonds. The molecule has 0 spiro atoms. The Labute approximate surface area is 132 Å². The maximum absolute atomic E-state index is 6.23. The lowest BCUT2D eigenvalue weighted by atomic mass is 10.2. The Balaban J connectivity index is 1.75. The molecule has 4 rings (SSSR count). The number of fused-ring (bicyclic) bond motifs is 1. The quantitative estimate of drug-likeness (QED) is 0.802. The monoisotopic (exact) mass is 314 g/mol. The van der Waals surface area contributed by atoms with Crippen LogP contribution in [0.5, 0.6) is 0 Å². The van der Waals surface area contributed by atoms with Gasteiger partial charge in [0.2, 0.25) is 0 Å². The van der Waals surface area contributed by atoms with E-state index in [1.165, 1.54) is 12.8 Å². The third-order valence-electron chi connectivity index (χ3n) is 3.67. The fourth-order valence-electron chi connectivity index (χ4n) is 2.38. The van der Waals surface area contributed by atoms with Gasteiger partial charge in [0.05, 0.1) is 6.54 Å². The van der Waals surface area contributed by atoms with Crippen LogP contribution in [0.4, 0.5) is 5.82 Å². The largest absolute Gasteiger partial charge is 0.365 e. The molecule has 1 aliphatic carbocycles. The van der Waals surface area contributed by atoms with Crippen molar-refractivity contribution in [3.63, 3.8) is 0 Å². The zero-order valence-corrected chi connectivity index (χ0v) is 12.9. The number of benzene rings is 1. The molecule has 0 saturated heterocycles. The van der Waals surface area contributed by atoms with Gasteiger partial charge in [0.1, 0.15) is 5.82 Å². The number of anilines is 1. The van der Waals surface area contributed by atoms with E-state index in [0.29, 0.717) is 29.0 Å². The van der Waals surface area contributed by atoms with Crippen molar-refractivity contribution in [2.75, 3.05) is 5.32 Å². The number of aromatic nitrogens is 5. The average Bonchev–Trinajstić information content (AvgIpc) is 3.22. The number of nitrogens with one attached hydrogen (secondary N) is 1. The van der Waals surface area contributed by atoms with Gasteiger partial charge in [0, 0.05) is 11.1 Å². The van der Waals surface area contributed by atoms with Crippen molar-refractivity contribution in [2.24, 2.45) is 0 Å². The Morgan fingerprint density at radius 2 is 2.09 bits per heavy atom. The fraction of sp³-hybridized carbons (Fsp3) is 0.333. The summed E-state index contributed by atoms with van der Waals surface area (Å²) in [6.07, 6.45) is 2.36. The summed E-state index contributed by atoms with van der Waals surface area (Å²) < 4.78 is 1.77. The van der Waals surface area contributed by atoms with Crippen LogP contribution in [0.2, 0.25) is 5.02 Å². The Hall–Kier alpha value is -2.21. The van der Waals surface area contributed by atoms with Gasteiger partial charge in [-0.1, -0.05) is 35.0 Å². The van der Waals surface area contributed by atoms with Gasteiger partial charge < -0.3 is 5.32 Å². The highest BCUT2D eigenvalue weighted by atomic mass is 35.5. The maximum atomic E-state index is 6.23. The molecule has 22 heavy (non-hydrogen) atoms. The molecule has 1 saturated carbocycles. The second-order valence-corrected chi connectivity index (χ2v) is 5.96. The highest BCUT2D eigenvalue weighted by molar-refractivity contribution is 6.31. The summed E-state index contributed by atoms with van der Waals surface area (Å²) in [6.45, 7) is 2.42. The van der Waals surface area contributed by atoms with E-state index in [1.807, 2.05) is 31.2 Å². The molecule has 1 N–H and O–H groups in total. The minimum atomic E-state index is 0.506. The van der Waals surface area contributed by atoms with Gasteiger partial charge in [-0.05, 0) is 31.4 Å². The maximum Gasteiger partial charge on any atom is 0.184 e. The van der Waals surface area contributed by atoms with E-state index in [9.17, 15) is 0 Å². The van der Waals surface area contributed by atoms with Crippen molar-refractivity contribution >= 4 is 28.6 Å². The topological polar surface area (TPSA) is 68.5 Å². The summed E-state index contributed by atoms with van der Waals surface area (Å²) in [6, 6.07) is 8.23. The predicted octanol–water partition coefficient (Wildman–Crippen LogP) is 2.81. The lowest BCUT2D eigenvalue weighted by Gasteiger charge is -2.07. The molecule has 6 nitrogen and oxygen atoms in total. The summed E-state index contributed by atoms with van der Waals surface area (Å²) >= 11 is 6.23. The van der Waals surface area contributed by atoms with Crippen molar-refractivity contribution in [3.8, 4) is 0 Å². The summed E-state index contributed by atoms with van der Waals surface area (Å²) in [5.74, 6) is 1.48. The second-order valence-electron chi connectivity index (χ2n) is 5.55. The van der Waals surface area contributed by atoms with E-state index >= 15 is 0 Å². The molecule has 1 aromatic carbocycles. The number of rotatable bonds is 4. The standard InChI is InChI=1S/C15H15ClN6/c1-9-17-14(19-11-6-7-11)13-15(18-9)22(21-20-13)8-10-4-2-3-5-12(10)16/h2-5,11H,6-8H2,1H3,(H,17,18,19). The van der Waals surface area contributed by atoms with Crippen LogP contribution in [-0.4, -0.2) is 31.0 Å². The van der Waals surface area contributed by atoms with Gasteiger partial charge in [0.15, 0.2) is 17.0 Å². The van der Waals surface area contributed by atoms with Crippen molar-refractivity contribution in [1.82, 2.24) is 25.0 Å². The lowest BCUT2D eigenvalue weighted by molar-refractivity contribution is 0.663. The predicted molar refractivity (Wildman–Crippen MR) is 85.1 cm³/mol. The van der Waals surface area contributed by atoms with Crippen LogP contribution in [-0.2, 0) is 6.54 Å². The molecule has 2 aromatic heterocycles. The van der Waals surface area contributed by atoms with E-state index in [4.69, 9.17) is 11.6 Å². The Kier molecular flexibility index (Phi) is 3.18.